The third-order valence-corrected chi connectivity index (χ3v) is 2.14. The largest absolute Gasteiger partial charge is 0.594 e. The summed E-state index contributed by atoms with van der Waals surface area (Å²) >= 11 is 11.5. The fourth-order valence-corrected chi connectivity index (χ4v) is 1.62. The highest BCUT2D eigenvalue weighted by molar-refractivity contribution is 6.38. The molecule has 2 aromatic rings. The zero-order chi connectivity index (χ0) is 10.3. The molecule has 0 saturated carbocycles. The highest BCUT2D eigenvalue weighted by Crippen LogP contribution is 2.24. The van der Waals surface area contributed by atoms with Gasteiger partial charge in [0.25, 0.3) is 11.5 Å². The fourth-order valence-electron chi connectivity index (χ4n) is 1.09. The molecule has 0 atom stereocenters. The average molecular weight is 231 g/mol. The van der Waals surface area contributed by atoms with E-state index in [2.05, 4.69) is 10.1 Å². The van der Waals surface area contributed by atoms with Crippen LogP contribution in [0.25, 0.3) is 11.0 Å². The Balaban J connectivity index is 2.94. The molecule has 0 aliphatic heterocycles. The first-order valence-electron chi connectivity index (χ1n) is 3.60. The first kappa shape index (κ1) is 9.23. The van der Waals surface area contributed by atoms with Gasteiger partial charge in [-0.15, -0.1) is 0 Å². The normalized spacial score (nSPS) is 10.7. The Morgan fingerprint density at radius 3 is 2.79 bits per heavy atom. The van der Waals surface area contributed by atoms with Crippen molar-refractivity contribution in [1.29, 1.82) is 0 Å². The molecule has 0 amide bonds. The lowest BCUT2D eigenvalue weighted by Gasteiger charge is -2.01. The van der Waals surface area contributed by atoms with Gasteiger partial charge in [0, 0.05) is 11.1 Å². The molecule has 0 radical (unpaired) electrons. The predicted molar refractivity (Wildman–Crippen MR) is 52.9 cm³/mol. The second-order valence-corrected chi connectivity index (χ2v) is 3.44. The van der Waals surface area contributed by atoms with E-state index in [0.29, 0.717) is 15.4 Å². The number of hydrogen-bond acceptors (Lipinski definition) is 4. The Kier molecular flexibility index (Phi) is 2.05. The van der Waals surface area contributed by atoms with Crippen molar-refractivity contribution in [3.05, 3.63) is 27.4 Å². The molecule has 0 bridgehead atoms. The minimum absolute atomic E-state index is 0.128. The van der Waals surface area contributed by atoms with E-state index in [1.807, 2.05) is 0 Å². The molecule has 2 N–H and O–H groups in total. The first-order chi connectivity index (χ1) is 6.58. The number of nitrogen functional groups attached to an aromatic ring is 1. The fraction of sp³-hybridized carbons (Fsp3) is 0. The number of rotatable bonds is 0. The van der Waals surface area contributed by atoms with Crippen LogP contribution in [0, 0.1) is 5.21 Å². The molecule has 1 aromatic heterocycles. The summed E-state index contributed by atoms with van der Waals surface area (Å²) in [5, 5.41) is 15.3. The van der Waals surface area contributed by atoms with Gasteiger partial charge in [-0.1, -0.05) is 23.2 Å². The Bertz CT molecular complexity index is 469. The SMILES string of the molecule is Nc1nc2c(Cl)cc(Cl)cc2[n+]([O-])n1. The van der Waals surface area contributed by atoms with Gasteiger partial charge in [-0.2, -0.15) is 0 Å². The van der Waals surface area contributed by atoms with Gasteiger partial charge in [0.2, 0.25) is 0 Å². The van der Waals surface area contributed by atoms with Crippen molar-refractivity contribution in [1.82, 2.24) is 10.1 Å². The summed E-state index contributed by atoms with van der Waals surface area (Å²) in [5.41, 5.74) is 5.78. The summed E-state index contributed by atoms with van der Waals surface area (Å²) in [6.45, 7) is 0. The first-order valence-corrected chi connectivity index (χ1v) is 4.35. The molecule has 72 valence electrons. The van der Waals surface area contributed by atoms with Gasteiger partial charge < -0.3 is 10.9 Å². The molecule has 2 rings (SSSR count). The number of fused-ring (bicyclic) bond motifs is 1. The molecule has 0 aliphatic rings. The number of hydrogen-bond donors (Lipinski definition) is 1. The Hall–Kier alpha value is -1.33. The second kappa shape index (κ2) is 3.11. The molecular formula is C7H4Cl2N4O. The molecule has 1 heterocycles. The summed E-state index contributed by atoms with van der Waals surface area (Å²) in [4.78, 5) is 4.18. The molecule has 0 fully saturated rings. The summed E-state index contributed by atoms with van der Waals surface area (Å²) in [6.07, 6.45) is 0. The summed E-state index contributed by atoms with van der Waals surface area (Å²) < 4.78 is 0. The number of nitrogens with zero attached hydrogens (tertiary/aromatic N) is 3. The quantitative estimate of drug-likeness (QED) is 0.544. The van der Waals surface area contributed by atoms with Gasteiger partial charge in [0.15, 0.2) is 5.52 Å². The van der Waals surface area contributed by atoms with Gasteiger partial charge in [-0.25, -0.2) is 4.98 Å². The third kappa shape index (κ3) is 1.40. The maximum absolute atomic E-state index is 11.3. The van der Waals surface area contributed by atoms with Crippen molar-refractivity contribution in [2.45, 2.75) is 0 Å². The van der Waals surface area contributed by atoms with Crippen LogP contribution in [0.1, 0.15) is 0 Å². The van der Waals surface area contributed by atoms with Gasteiger partial charge >= 0.3 is 0 Å². The maximum Gasteiger partial charge on any atom is 0.288 e. The van der Waals surface area contributed by atoms with Crippen molar-refractivity contribution < 1.29 is 4.85 Å². The highest BCUT2D eigenvalue weighted by atomic mass is 35.5. The van der Waals surface area contributed by atoms with Gasteiger partial charge in [0.05, 0.1) is 10.1 Å². The number of benzene rings is 1. The maximum atomic E-state index is 11.3. The predicted octanol–water partition coefficient (Wildman–Crippen LogP) is 1.15. The minimum atomic E-state index is -0.128. The summed E-state index contributed by atoms with van der Waals surface area (Å²) in [6, 6.07) is 2.91. The van der Waals surface area contributed by atoms with Crippen molar-refractivity contribution in [3.63, 3.8) is 0 Å². The lowest BCUT2D eigenvalue weighted by molar-refractivity contribution is -0.641. The van der Waals surface area contributed by atoms with Gasteiger partial charge in [-0.05, 0) is 10.9 Å². The van der Waals surface area contributed by atoms with E-state index in [-0.39, 0.29) is 16.5 Å². The molecule has 14 heavy (non-hydrogen) atoms. The summed E-state index contributed by atoms with van der Waals surface area (Å²) in [5.74, 6) is -0.128. The van der Waals surface area contributed by atoms with E-state index < -0.39 is 0 Å². The van der Waals surface area contributed by atoms with E-state index in [0.717, 1.165) is 0 Å². The topological polar surface area (TPSA) is 78.7 Å². The van der Waals surface area contributed by atoms with Crippen molar-refractivity contribution >= 4 is 40.2 Å². The van der Waals surface area contributed by atoms with Crippen LogP contribution in [0.4, 0.5) is 5.95 Å². The monoisotopic (exact) mass is 230 g/mol. The number of nitrogens with two attached hydrogens (primary N) is 1. The molecule has 1 aromatic carbocycles. The third-order valence-electron chi connectivity index (χ3n) is 1.63. The van der Waals surface area contributed by atoms with Crippen LogP contribution in [0.15, 0.2) is 12.1 Å². The Morgan fingerprint density at radius 2 is 2.07 bits per heavy atom. The van der Waals surface area contributed by atoms with Crippen LogP contribution in [0.2, 0.25) is 10.0 Å². The minimum Gasteiger partial charge on any atom is -0.594 e. The second-order valence-electron chi connectivity index (χ2n) is 2.60. The van der Waals surface area contributed by atoms with Crippen LogP contribution in [-0.2, 0) is 0 Å². The van der Waals surface area contributed by atoms with E-state index in [4.69, 9.17) is 28.9 Å². The average Bonchev–Trinajstić information content (AvgIpc) is 2.07. The van der Waals surface area contributed by atoms with Crippen LogP contribution < -0.4 is 10.6 Å². The standard InChI is InChI=1S/C7H4Cl2N4O/c8-3-1-4(9)6-5(2-3)13(14)12-7(10)11-6/h1-2H,(H2,10,11,12). The van der Waals surface area contributed by atoms with Crippen LogP contribution >= 0.6 is 23.2 Å². The molecular weight excluding hydrogens is 227 g/mol. The molecule has 0 spiro atoms. The zero-order valence-electron chi connectivity index (χ0n) is 6.74. The van der Waals surface area contributed by atoms with Gasteiger partial charge in [0.1, 0.15) is 0 Å². The Morgan fingerprint density at radius 1 is 1.36 bits per heavy atom. The molecule has 5 nitrogen and oxygen atoms in total. The zero-order valence-corrected chi connectivity index (χ0v) is 8.25. The smallest absolute Gasteiger partial charge is 0.288 e. The van der Waals surface area contributed by atoms with Crippen LogP contribution in [0.3, 0.4) is 0 Å². The lowest BCUT2D eigenvalue weighted by atomic mass is 10.3. The van der Waals surface area contributed by atoms with E-state index in [1.165, 1.54) is 12.1 Å². The Labute approximate surface area is 88.6 Å². The number of anilines is 1. The van der Waals surface area contributed by atoms with Gasteiger partial charge in [-0.3, -0.25) is 0 Å². The number of halogens is 2. The molecule has 0 unspecified atom stereocenters. The summed E-state index contributed by atoms with van der Waals surface area (Å²) in [7, 11) is 0. The molecule has 0 aliphatic carbocycles. The highest BCUT2D eigenvalue weighted by Gasteiger charge is 2.13. The van der Waals surface area contributed by atoms with Crippen molar-refractivity contribution in [3.8, 4) is 0 Å². The van der Waals surface area contributed by atoms with E-state index in [9.17, 15) is 5.21 Å². The number of aromatic nitrogens is 3. The van der Waals surface area contributed by atoms with E-state index in [1.54, 1.807) is 0 Å². The lowest BCUT2D eigenvalue weighted by Crippen LogP contribution is -2.33. The van der Waals surface area contributed by atoms with Crippen LogP contribution in [0.5, 0.6) is 0 Å². The van der Waals surface area contributed by atoms with Crippen LogP contribution in [-0.4, -0.2) is 10.1 Å². The molecule has 0 saturated heterocycles. The van der Waals surface area contributed by atoms with Crippen molar-refractivity contribution in [2.75, 3.05) is 5.73 Å². The van der Waals surface area contributed by atoms with E-state index >= 15 is 0 Å². The van der Waals surface area contributed by atoms with Crippen molar-refractivity contribution in [2.24, 2.45) is 0 Å². The molecule has 7 heteroatoms.